The van der Waals surface area contributed by atoms with E-state index in [9.17, 15) is 0 Å². The highest BCUT2D eigenvalue weighted by atomic mass is 15.1. The van der Waals surface area contributed by atoms with Crippen LogP contribution in [0.3, 0.4) is 0 Å². The van der Waals surface area contributed by atoms with Crippen LogP contribution in [-0.2, 0) is 10.8 Å². The second-order valence-corrected chi connectivity index (χ2v) is 32.6. The lowest BCUT2D eigenvalue weighted by atomic mass is 9.70. The fourth-order valence-electron chi connectivity index (χ4n) is 21.9. The average Bonchev–Trinajstić information content (AvgIpc) is 1.51. The van der Waals surface area contributed by atoms with Gasteiger partial charge >= 0.3 is 0 Å². The monoisotopic (exact) mass is 1500 g/mol. The van der Waals surface area contributed by atoms with Gasteiger partial charge in [0, 0.05) is 33.6 Å². The second kappa shape index (κ2) is 25.0. The summed E-state index contributed by atoms with van der Waals surface area (Å²) in [5.41, 5.74) is 45.2. The Labute approximate surface area is 689 Å². The van der Waals surface area contributed by atoms with E-state index in [-0.39, 0.29) is 0 Å². The molecule has 0 aliphatic heterocycles. The Morgan fingerprint density at radius 2 is 0.496 bits per heavy atom. The maximum atomic E-state index is 5.42. The predicted molar refractivity (Wildman–Crippen MR) is 489 cm³/mol. The van der Waals surface area contributed by atoms with Crippen LogP contribution >= 0.6 is 0 Å². The molecule has 0 amide bonds. The lowest BCUT2D eigenvalue weighted by Crippen LogP contribution is -2.26. The van der Waals surface area contributed by atoms with E-state index in [1.165, 1.54) is 161 Å². The van der Waals surface area contributed by atoms with Gasteiger partial charge < -0.3 is 4.90 Å². The molecule has 19 aromatic carbocycles. The van der Waals surface area contributed by atoms with Crippen molar-refractivity contribution in [3.63, 3.8) is 0 Å². The minimum atomic E-state index is -0.598. The number of hydrogen-bond donors (Lipinski definition) is 0. The van der Waals surface area contributed by atoms with Crippen LogP contribution < -0.4 is 4.90 Å². The molecule has 4 nitrogen and oxygen atoms in total. The number of fused-ring (bicyclic) bond motifs is 28. The minimum Gasteiger partial charge on any atom is -0.310 e. The maximum Gasteiger partial charge on any atom is 0.164 e. The van der Waals surface area contributed by atoms with E-state index in [1.54, 1.807) is 0 Å². The molecule has 0 radical (unpaired) electrons. The number of rotatable bonds is 10. The maximum absolute atomic E-state index is 5.42. The van der Waals surface area contributed by atoms with E-state index in [0.717, 1.165) is 72.7 Å². The Morgan fingerprint density at radius 3 is 1.00 bits per heavy atom. The summed E-state index contributed by atoms with van der Waals surface area (Å²) in [5.74, 6) is 1.87. The summed E-state index contributed by atoms with van der Waals surface area (Å²) < 4.78 is 0. The van der Waals surface area contributed by atoms with Gasteiger partial charge in [-0.1, -0.05) is 364 Å². The topological polar surface area (TPSA) is 41.9 Å². The summed E-state index contributed by atoms with van der Waals surface area (Å²) in [5, 5.41) is 5.30. The highest BCUT2D eigenvalue weighted by Crippen LogP contribution is 2.69. The molecular formula is C115H68N4. The van der Waals surface area contributed by atoms with Crippen LogP contribution in [-0.4, -0.2) is 15.0 Å². The number of aromatic nitrogens is 3. The van der Waals surface area contributed by atoms with Crippen molar-refractivity contribution in [1.29, 1.82) is 0 Å². The second-order valence-electron chi connectivity index (χ2n) is 32.6. The minimum absolute atomic E-state index is 0.577. The molecule has 2 atom stereocenters. The van der Waals surface area contributed by atoms with Gasteiger partial charge in [-0.15, -0.1) is 0 Å². The van der Waals surface area contributed by atoms with Crippen LogP contribution in [0.25, 0.3) is 189 Å². The Bertz CT molecular complexity index is 7760. The first kappa shape index (κ1) is 65.9. The van der Waals surface area contributed by atoms with E-state index in [1.807, 2.05) is 6.07 Å². The number of anilines is 3. The van der Waals surface area contributed by atoms with Crippen LogP contribution in [0.5, 0.6) is 0 Å². The van der Waals surface area contributed by atoms with Crippen molar-refractivity contribution in [2.24, 2.45) is 0 Å². The van der Waals surface area contributed by atoms with Gasteiger partial charge in [0.1, 0.15) is 0 Å². The zero-order valence-corrected chi connectivity index (χ0v) is 64.5. The van der Waals surface area contributed by atoms with Gasteiger partial charge in [-0.05, 0) is 243 Å². The normalized spacial score (nSPS) is 15.0. The van der Waals surface area contributed by atoms with Gasteiger partial charge in [0.25, 0.3) is 0 Å². The van der Waals surface area contributed by atoms with Crippen molar-refractivity contribution in [2.45, 2.75) is 10.8 Å². The molecule has 548 valence electrons. The van der Waals surface area contributed by atoms with Crippen molar-refractivity contribution >= 4 is 38.6 Å². The lowest BCUT2D eigenvalue weighted by Gasteiger charge is -2.32. The molecule has 6 aliphatic rings. The largest absolute Gasteiger partial charge is 0.310 e. The summed E-state index contributed by atoms with van der Waals surface area (Å²) in [6, 6.07) is 154. The van der Waals surface area contributed by atoms with Gasteiger partial charge in [-0.2, -0.15) is 0 Å². The molecule has 0 fully saturated rings. The predicted octanol–water partition coefficient (Wildman–Crippen LogP) is 29.3. The molecule has 1 aromatic heterocycles. The smallest absolute Gasteiger partial charge is 0.164 e. The summed E-state index contributed by atoms with van der Waals surface area (Å²) >= 11 is 0. The van der Waals surface area contributed by atoms with E-state index < -0.39 is 10.8 Å². The summed E-state index contributed by atoms with van der Waals surface area (Å²) in [4.78, 5) is 18.5. The van der Waals surface area contributed by atoms with Crippen molar-refractivity contribution in [3.8, 4) is 168 Å². The third kappa shape index (κ3) is 9.20. The fraction of sp³-hybridized carbons (Fsp3) is 0.0174. The third-order valence-corrected chi connectivity index (χ3v) is 26.9. The lowest BCUT2D eigenvalue weighted by molar-refractivity contribution is 0.794. The molecule has 0 N–H and O–H groups in total. The molecule has 1 heterocycles. The number of benzene rings is 19. The highest BCUT2D eigenvalue weighted by molar-refractivity contribution is 6.23. The number of nitrogens with zero attached hydrogens (tertiary/aromatic N) is 4. The average molecular weight is 1510 g/mol. The summed E-state index contributed by atoms with van der Waals surface area (Å²) in [6.07, 6.45) is 0. The van der Waals surface area contributed by atoms with Gasteiger partial charge in [-0.3, -0.25) is 0 Å². The third-order valence-electron chi connectivity index (χ3n) is 26.9. The van der Waals surface area contributed by atoms with E-state index in [2.05, 4.69) is 411 Å². The van der Waals surface area contributed by atoms with E-state index in [0.29, 0.717) is 17.5 Å². The quantitative estimate of drug-likeness (QED) is 0.137. The van der Waals surface area contributed by atoms with Crippen LogP contribution in [0.15, 0.2) is 413 Å². The van der Waals surface area contributed by atoms with Gasteiger partial charge in [-0.25, -0.2) is 15.0 Å². The molecule has 0 bridgehead atoms. The molecule has 0 saturated carbocycles. The zero-order valence-electron chi connectivity index (χ0n) is 64.5. The van der Waals surface area contributed by atoms with Crippen LogP contribution in [0.2, 0.25) is 0 Å². The summed E-state index contributed by atoms with van der Waals surface area (Å²) in [7, 11) is 0. The van der Waals surface area contributed by atoms with Gasteiger partial charge in [0.15, 0.2) is 17.5 Å². The Morgan fingerprint density at radius 1 is 0.168 bits per heavy atom. The van der Waals surface area contributed by atoms with Crippen molar-refractivity contribution < 1.29 is 0 Å². The first-order valence-electron chi connectivity index (χ1n) is 41.3. The molecule has 4 heteroatoms. The van der Waals surface area contributed by atoms with Crippen molar-refractivity contribution in [3.05, 3.63) is 457 Å². The van der Waals surface area contributed by atoms with Crippen LogP contribution in [0.1, 0.15) is 44.5 Å². The standard InChI is InChI=1S/C115H68N4/c1-3-23-69(24-4-1)78-27-19-28-81(65-78)119(105-46-22-45-101-110(105)92-36-14-18-44-100(92)114(101)98-42-16-12-34-90(98)108-93-39-20-37-88-82-29-7-9-31-84(82)95(106(88)93)67-103(108)114)80-62-59-75(60-63-80)73-53-51-71(52-54-73)70-47-49-72(50-48-70)74-55-57-77(58-56-74)112-116-111(76-25-5-2-6-26-76)117-113(118-112)79-61-64-87-86-33-11-15-41-97(86)115(102(87)66-79)99-43-17-13-35-91(99)109-94-40-21-38-89-83-30-8-10-32-85(83)96(107(89)94)68-104(109)115/h1-68H. The van der Waals surface area contributed by atoms with Crippen molar-refractivity contribution in [1.82, 2.24) is 15.0 Å². The SMILES string of the molecule is c1ccc(-c2cccc(N(c3ccc(-c4ccc(-c5ccc(-c6ccc(-c7nc(-c8ccccc8)nc(-c8ccc9c(c8)C8(c%10ccccc%10-9)c9ccccc9-c9c8cc8c%10c(cccc9%10)-c9ccccc9-8)n7)cc6)cc5)cc4)cc3)c3cccc4c3-c3ccccc3C43c4ccccc4-c4c3cc3c5c(cccc45)-c4ccccc4-3)c2)cc1. The Balaban J connectivity index is 0.521. The molecule has 26 rings (SSSR count). The summed E-state index contributed by atoms with van der Waals surface area (Å²) in [6.45, 7) is 0. The molecule has 20 aromatic rings. The van der Waals surface area contributed by atoms with Crippen LogP contribution in [0, 0.1) is 0 Å². The van der Waals surface area contributed by atoms with Gasteiger partial charge in [0.05, 0.1) is 16.5 Å². The van der Waals surface area contributed by atoms with Crippen LogP contribution in [0.4, 0.5) is 17.1 Å². The first-order chi connectivity index (χ1) is 59.0. The van der Waals surface area contributed by atoms with Gasteiger partial charge in [0.2, 0.25) is 0 Å². The molecule has 0 saturated heterocycles. The fourth-order valence-corrected chi connectivity index (χ4v) is 21.9. The van der Waals surface area contributed by atoms with E-state index in [4.69, 9.17) is 15.0 Å². The molecule has 119 heavy (non-hydrogen) atoms. The van der Waals surface area contributed by atoms with Crippen molar-refractivity contribution in [2.75, 3.05) is 4.90 Å². The molecule has 2 unspecified atom stereocenters. The molecular weight excluding hydrogens is 1440 g/mol. The highest BCUT2D eigenvalue weighted by Gasteiger charge is 2.55. The first-order valence-corrected chi connectivity index (χ1v) is 41.3. The molecule has 6 aliphatic carbocycles. The number of hydrogen-bond acceptors (Lipinski definition) is 4. The Kier molecular flexibility index (Phi) is 13.8. The molecule has 2 spiro atoms. The zero-order chi connectivity index (χ0) is 77.8. The van der Waals surface area contributed by atoms with E-state index >= 15 is 0 Å². The Hall–Kier alpha value is -15.5.